The summed E-state index contributed by atoms with van der Waals surface area (Å²) in [7, 11) is -11.8. The van der Waals surface area contributed by atoms with Crippen molar-refractivity contribution in [2.45, 2.75) is 36.4 Å². The maximum atomic E-state index is 12.9. The van der Waals surface area contributed by atoms with Crippen molar-refractivity contribution in [3.63, 3.8) is 0 Å². The minimum absolute atomic E-state index is 0. The van der Waals surface area contributed by atoms with Gasteiger partial charge >= 0.3 is 59.1 Å². The van der Waals surface area contributed by atoms with E-state index in [1.807, 2.05) is 30.3 Å². The molecule has 1 aliphatic carbocycles. The van der Waals surface area contributed by atoms with Gasteiger partial charge in [0.25, 0.3) is 0 Å². The van der Waals surface area contributed by atoms with Crippen molar-refractivity contribution in [1.29, 1.82) is 0 Å². The Hall–Kier alpha value is -4.56. The van der Waals surface area contributed by atoms with Gasteiger partial charge in [0, 0.05) is 41.3 Å². The topological polar surface area (TPSA) is 304 Å². The van der Waals surface area contributed by atoms with Gasteiger partial charge in [-0.15, -0.1) is 0 Å². The molecule has 0 fully saturated rings. The minimum Gasteiger partial charge on any atom is -0.746 e. The van der Waals surface area contributed by atoms with Crippen LogP contribution in [0, 0.1) is 0 Å². The molecule has 0 spiro atoms. The Bertz CT molecular complexity index is 2580. The van der Waals surface area contributed by atoms with Gasteiger partial charge in [0.2, 0.25) is 35.7 Å². The molecule has 5 aromatic rings. The van der Waals surface area contributed by atoms with Crippen molar-refractivity contribution in [3.8, 4) is 0 Å². The molecule has 1 aliphatic rings. The van der Waals surface area contributed by atoms with Crippen molar-refractivity contribution in [1.82, 2.24) is 29.9 Å². The second-order valence-electron chi connectivity index (χ2n) is 13.4. The second kappa shape index (κ2) is 22.2. The van der Waals surface area contributed by atoms with E-state index in [-0.39, 0.29) is 120 Å². The summed E-state index contributed by atoms with van der Waals surface area (Å²) in [6.45, 7) is 2.97. The molecule has 62 heavy (non-hydrogen) atoms. The molecule has 0 saturated carbocycles. The molecule has 8 N–H and O–H groups in total. The number of aromatic nitrogens is 6. The molecule has 0 amide bonds. The van der Waals surface area contributed by atoms with E-state index in [0.29, 0.717) is 16.9 Å². The first-order chi connectivity index (χ1) is 28.6. The Morgan fingerprint density at radius 2 is 0.968 bits per heavy atom. The van der Waals surface area contributed by atoms with Crippen LogP contribution in [0.1, 0.15) is 25.8 Å². The van der Waals surface area contributed by atoms with Crippen molar-refractivity contribution in [2.75, 3.05) is 45.1 Å². The molecule has 2 atom stereocenters. The van der Waals surface area contributed by atoms with E-state index in [1.54, 1.807) is 68.4 Å². The van der Waals surface area contributed by atoms with Crippen LogP contribution in [0.4, 0.5) is 52.8 Å². The van der Waals surface area contributed by atoms with Gasteiger partial charge in [-0.05, 0) is 67.5 Å². The van der Waals surface area contributed by atoms with Crippen LogP contribution in [0.3, 0.4) is 0 Å². The number of hydrogen-bond acceptors (Lipinski definition) is 20. The van der Waals surface area contributed by atoms with Crippen molar-refractivity contribution >= 4 is 79.1 Å². The van der Waals surface area contributed by atoms with E-state index < -0.39 is 42.4 Å². The summed E-state index contributed by atoms with van der Waals surface area (Å²) in [6, 6.07) is 23.7. The van der Waals surface area contributed by atoms with Gasteiger partial charge in [0.1, 0.15) is 20.2 Å². The molecule has 314 valence electrons. The third-order valence-corrected chi connectivity index (χ3v) is 12.3. The molecule has 0 saturated heterocycles. The Morgan fingerprint density at radius 1 is 0.581 bits per heavy atom. The number of aliphatic hydroxyl groups is 2. The molecule has 3 aromatic carbocycles. The van der Waals surface area contributed by atoms with Crippen LogP contribution < -0.4 is 91.0 Å². The molecule has 2 aromatic heterocycles. The number of nitrogens with zero attached hydrogens (tertiary/aromatic N) is 6. The minimum atomic E-state index is -5.89. The summed E-state index contributed by atoms with van der Waals surface area (Å²) in [6.07, 6.45) is 3.69. The van der Waals surface area contributed by atoms with Gasteiger partial charge in [-0.2, -0.15) is 29.9 Å². The smallest absolute Gasteiger partial charge is 0.746 e. The molecule has 0 aliphatic heterocycles. The molecule has 6 rings (SSSR count). The summed E-state index contributed by atoms with van der Waals surface area (Å²) in [5.41, 5.74) is 1.54. The van der Waals surface area contributed by atoms with Crippen molar-refractivity contribution in [3.05, 3.63) is 120 Å². The van der Waals surface area contributed by atoms with Crippen LogP contribution in [-0.4, -0.2) is 95.4 Å². The zero-order valence-corrected chi connectivity index (χ0v) is 39.6. The Labute approximate surface area is 402 Å². The summed E-state index contributed by atoms with van der Waals surface area (Å²) >= 11 is 0. The molecule has 2 unspecified atom stereocenters. The van der Waals surface area contributed by atoms with Gasteiger partial charge < -0.3 is 51.2 Å². The largest absolute Gasteiger partial charge is 1.00 e. The Kier molecular flexibility index (Phi) is 17.9. The number of allylic oxidation sites excluding steroid dienone is 4. The van der Waals surface area contributed by atoms with E-state index in [9.17, 15) is 36.2 Å². The number of hydrogen-bond donors (Lipinski definition) is 8. The van der Waals surface area contributed by atoms with E-state index in [2.05, 4.69) is 61.8 Å². The molecule has 24 heteroatoms. The summed E-state index contributed by atoms with van der Waals surface area (Å²) in [5.74, 6) is 0.388. The maximum absolute atomic E-state index is 12.9. The van der Waals surface area contributed by atoms with Crippen LogP contribution in [0.15, 0.2) is 114 Å². The summed E-state index contributed by atoms with van der Waals surface area (Å²) < 4.78 is 73.9. The van der Waals surface area contributed by atoms with Gasteiger partial charge in [-0.25, -0.2) is 16.8 Å². The predicted octanol–water partition coefficient (Wildman–Crippen LogP) is -1.99. The molecule has 20 nitrogen and oxygen atoms in total. The van der Waals surface area contributed by atoms with Crippen LogP contribution in [0.25, 0.3) is 6.08 Å². The number of para-hydroxylation sites is 2. The van der Waals surface area contributed by atoms with E-state index >= 15 is 0 Å². The Balaban J connectivity index is 0.00000422. The average molecular weight is 903 g/mol. The van der Waals surface area contributed by atoms with Crippen molar-refractivity contribution in [2.24, 2.45) is 0 Å². The van der Waals surface area contributed by atoms with Gasteiger partial charge in [0.05, 0.1) is 13.2 Å². The summed E-state index contributed by atoms with van der Waals surface area (Å²) in [5, 5.41) is 36.9. The second-order valence-corrected chi connectivity index (χ2v) is 16.9. The zero-order chi connectivity index (χ0) is 42.9. The molecule has 2 heterocycles. The fourth-order valence-electron chi connectivity index (χ4n) is 5.66. The van der Waals surface area contributed by atoms with Gasteiger partial charge in [0.15, 0.2) is 4.08 Å². The fourth-order valence-corrected chi connectivity index (χ4v) is 8.18. The van der Waals surface area contributed by atoms with Crippen molar-refractivity contribution < 1.29 is 95.3 Å². The molecule has 0 bridgehead atoms. The Morgan fingerprint density at radius 3 is 1.37 bits per heavy atom. The molecular formula is C38H40N12Na2O8S2. The van der Waals surface area contributed by atoms with Crippen LogP contribution in [0.5, 0.6) is 0 Å². The first-order valence-electron chi connectivity index (χ1n) is 18.2. The number of nitrogens with one attached hydrogen (secondary N) is 6. The fraction of sp³-hybridized carbons (Fsp3) is 0.211. The zero-order valence-electron chi connectivity index (χ0n) is 34.0. The first-order valence-corrected chi connectivity index (χ1v) is 21.0. The quantitative estimate of drug-likeness (QED) is 0.0349. The normalized spacial score (nSPS) is 14.5. The average Bonchev–Trinajstić information content (AvgIpc) is 3.20. The number of aliphatic hydroxyl groups excluding tert-OH is 2. The maximum Gasteiger partial charge on any atom is 1.00 e. The predicted molar refractivity (Wildman–Crippen MR) is 225 cm³/mol. The van der Waals surface area contributed by atoms with Crippen LogP contribution >= 0.6 is 0 Å². The van der Waals surface area contributed by atoms with Gasteiger partial charge in [-0.3, -0.25) is 0 Å². The summed E-state index contributed by atoms with van der Waals surface area (Å²) in [4.78, 5) is 26.0. The SMILES string of the molecule is CC(CO)Nc1nc(NC2=CC=C(C=Cc3ccc(Nc4nc(Nc5ccccc5)nc(NC(C)CO)n4)cc3)C(S(=O)(=O)[O-])(S(=O)(=O)[O-])C2)nc(Nc2ccccc2)n1.[Na+].[Na+]. The van der Waals surface area contributed by atoms with E-state index in [0.717, 1.165) is 17.8 Å². The van der Waals surface area contributed by atoms with Crippen LogP contribution in [-0.2, 0) is 20.2 Å². The van der Waals surface area contributed by atoms with E-state index in [4.69, 9.17) is 0 Å². The monoisotopic (exact) mass is 902 g/mol. The number of anilines is 9. The number of rotatable bonds is 18. The third kappa shape index (κ3) is 13.0. The van der Waals surface area contributed by atoms with Crippen LogP contribution in [0.2, 0.25) is 0 Å². The molecular weight excluding hydrogens is 863 g/mol. The molecule has 0 radical (unpaired) electrons. The van der Waals surface area contributed by atoms with E-state index in [1.165, 1.54) is 12.2 Å². The third-order valence-electron chi connectivity index (χ3n) is 8.66. The van der Waals surface area contributed by atoms with Gasteiger partial charge in [-0.1, -0.05) is 66.8 Å². The standard InChI is InChI=1S/C38H42N12O8S2.2Na/c1-24(22-51)39-32-45-34(41-28-9-5-3-6-10-28)49-36(47-32)43-30-18-14-26(15-19-30)13-16-27-17-20-31(21-38(27,59(53,54)55)60(56,57)58)44-37-48-33(40-25(2)23-52)46-35(50-37)42-29-11-7-4-8-12-29;;/h3-20,24-25,51-52H,21-23H2,1-2H3,(H,53,54,55)(H,56,57,58)(H3,39,41,43,45,47,49)(H3,40,42,44,46,48,50);;/q;2*+1/p-2. The number of benzene rings is 3. The first kappa shape index (κ1) is 50.1.